The van der Waals surface area contributed by atoms with E-state index < -0.39 is 34.2 Å². The van der Waals surface area contributed by atoms with Gasteiger partial charge in [0.05, 0.1) is 18.4 Å². The molecule has 0 aromatic heterocycles. The summed E-state index contributed by atoms with van der Waals surface area (Å²) in [5.41, 5.74) is 1.45. The standard InChI is InChI=1S/C25H25F3N2O4S/c1-16-8-9-22(34-4)23(13-16)35(32,33)30(21-7-5-6-19(14-21)25(26,27)28)15-24(31)29-20-11-17(2)10-18(3)12-20/h5-14H,15H2,1-4H3,(H,29,31). The largest absolute Gasteiger partial charge is 0.495 e. The summed E-state index contributed by atoms with van der Waals surface area (Å²) in [4.78, 5) is 12.7. The van der Waals surface area contributed by atoms with Crippen molar-refractivity contribution in [2.24, 2.45) is 0 Å². The van der Waals surface area contributed by atoms with Crippen LogP contribution in [0.5, 0.6) is 5.75 Å². The van der Waals surface area contributed by atoms with Gasteiger partial charge in [0, 0.05) is 5.69 Å². The Kier molecular flexibility index (Phi) is 7.44. The summed E-state index contributed by atoms with van der Waals surface area (Å²) in [6.45, 7) is 4.59. The number of hydrogen-bond acceptors (Lipinski definition) is 4. The Bertz CT molecular complexity index is 1330. The molecule has 0 fully saturated rings. The van der Waals surface area contributed by atoms with Gasteiger partial charge in [-0.1, -0.05) is 18.2 Å². The highest BCUT2D eigenvalue weighted by Gasteiger charge is 2.34. The van der Waals surface area contributed by atoms with Gasteiger partial charge in [-0.25, -0.2) is 8.42 Å². The van der Waals surface area contributed by atoms with Gasteiger partial charge in [-0.15, -0.1) is 0 Å². The lowest BCUT2D eigenvalue weighted by molar-refractivity contribution is -0.137. The monoisotopic (exact) mass is 506 g/mol. The third kappa shape index (κ3) is 6.13. The number of sulfonamides is 1. The van der Waals surface area contributed by atoms with Crippen molar-refractivity contribution in [2.45, 2.75) is 31.8 Å². The topological polar surface area (TPSA) is 75.7 Å². The molecule has 1 amide bonds. The Hall–Kier alpha value is -3.53. The van der Waals surface area contributed by atoms with Gasteiger partial charge in [0.1, 0.15) is 17.2 Å². The van der Waals surface area contributed by atoms with Crippen molar-refractivity contribution in [3.63, 3.8) is 0 Å². The molecule has 0 heterocycles. The number of amides is 1. The van der Waals surface area contributed by atoms with Crippen molar-refractivity contribution in [1.82, 2.24) is 0 Å². The van der Waals surface area contributed by atoms with E-state index in [1.807, 2.05) is 19.9 Å². The van der Waals surface area contributed by atoms with E-state index in [4.69, 9.17) is 4.74 Å². The van der Waals surface area contributed by atoms with Gasteiger partial charge in [-0.2, -0.15) is 13.2 Å². The number of nitrogens with zero attached hydrogens (tertiary/aromatic N) is 1. The fourth-order valence-corrected chi connectivity index (χ4v) is 5.29. The summed E-state index contributed by atoms with van der Waals surface area (Å²) in [5, 5.41) is 2.63. The van der Waals surface area contributed by atoms with Crippen LogP contribution < -0.4 is 14.4 Å². The molecular weight excluding hydrogens is 481 g/mol. The molecule has 3 rings (SSSR count). The summed E-state index contributed by atoms with van der Waals surface area (Å²) < 4.78 is 73.4. The second kappa shape index (κ2) is 9.99. The van der Waals surface area contributed by atoms with E-state index in [0.29, 0.717) is 21.6 Å². The molecule has 0 saturated carbocycles. The molecule has 0 spiro atoms. The zero-order valence-electron chi connectivity index (χ0n) is 19.6. The lowest BCUT2D eigenvalue weighted by atomic mass is 10.1. The maximum atomic E-state index is 13.7. The van der Waals surface area contributed by atoms with E-state index in [2.05, 4.69) is 5.32 Å². The van der Waals surface area contributed by atoms with E-state index in [1.165, 1.54) is 25.3 Å². The lowest BCUT2D eigenvalue weighted by Crippen LogP contribution is -2.38. The third-order valence-corrected chi connectivity index (χ3v) is 6.94. The summed E-state index contributed by atoms with van der Waals surface area (Å²) in [7, 11) is -3.22. The fourth-order valence-electron chi connectivity index (χ4n) is 3.63. The molecule has 1 N–H and O–H groups in total. The Balaban J connectivity index is 2.09. The first-order valence-corrected chi connectivity index (χ1v) is 12.0. The first kappa shape index (κ1) is 26.1. The van der Waals surface area contributed by atoms with Crippen LogP contribution in [0.3, 0.4) is 0 Å². The van der Waals surface area contributed by atoms with E-state index in [9.17, 15) is 26.4 Å². The van der Waals surface area contributed by atoms with Gasteiger partial charge in [0.15, 0.2) is 0 Å². The highest BCUT2D eigenvalue weighted by Crippen LogP contribution is 2.35. The lowest BCUT2D eigenvalue weighted by Gasteiger charge is -2.26. The highest BCUT2D eigenvalue weighted by atomic mass is 32.2. The second-order valence-corrected chi connectivity index (χ2v) is 9.97. The van der Waals surface area contributed by atoms with E-state index in [1.54, 1.807) is 25.1 Å². The van der Waals surface area contributed by atoms with E-state index >= 15 is 0 Å². The fraction of sp³-hybridized carbons (Fsp3) is 0.240. The van der Waals surface area contributed by atoms with Crippen molar-refractivity contribution in [2.75, 3.05) is 23.3 Å². The maximum absolute atomic E-state index is 13.7. The first-order chi connectivity index (χ1) is 16.3. The zero-order chi connectivity index (χ0) is 26.0. The SMILES string of the molecule is COc1ccc(C)cc1S(=O)(=O)N(CC(=O)Nc1cc(C)cc(C)c1)c1cccc(C(F)(F)F)c1. The van der Waals surface area contributed by atoms with Crippen LogP contribution in [0.25, 0.3) is 0 Å². The van der Waals surface area contributed by atoms with Gasteiger partial charge in [-0.05, 0) is 79.9 Å². The average molecular weight is 507 g/mol. The van der Waals surface area contributed by atoms with Crippen molar-refractivity contribution in [1.29, 1.82) is 0 Å². The molecule has 3 aromatic rings. The van der Waals surface area contributed by atoms with Gasteiger partial charge >= 0.3 is 6.18 Å². The van der Waals surface area contributed by atoms with Crippen LogP contribution in [0.4, 0.5) is 24.5 Å². The number of hydrogen-bond donors (Lipinski definition) is 1. The molecular formula is C25H25F3N2O4S. The smallest absolute Gasteiger partial charge is 0.416 e. The normalized spacial score (nSPS) is 11.7. The number of alkyl halides is 3. The first-order valence-electron chi connectivity index (χ1n) is 10.5. The number of methoxy groups -OCH3 is 1. The zero-order valence-corrected chi connectivity index (χ0v) is 20.4. The number of anilines is 2. The molecule has 0 bridgehead atoms. The number of benzene rings is 3. The summed E-state index contributed by atoms with van der Waals surface area (Å²) in [5.74, 6) is -0.718. The number of rotatable bonds is 7. The average Bonchev–Trinajstić information content (AvgIpc) is 2.76. The molecule has 0 aliphatic heterocycles. The van der Waals surface area contributed by atoms with Gasteiger partial charge in [-0.3, -0.25) is 9.10 Å². The maximum Gasteiger partial charge on any atom is 0.416 e. The Morgan fingerprint density at radius 3 is 2.20 bits per heavy atom. The van der Waals surface area contributed by atoms with Crippen molar-refractivity contribution < 1.29 is 31.1 Å². The van der Waals surface area contributed by atoms with Gasteiger partial charge < -0.3 is 10.1 Å². The Morgan fingerprint density at radius 2 is 1.60 bits per heavy atom. The summed E-state index contributed by atoms with van der Waals surface area (Å²) in [6.07, 6.45) is -4.70. The molecule has 0 atom stereocenters. The molecule has 186 valence electrons. The minimum Gasteiger partial charge on any atom is -0.495 e. The molecule has 10 heteroatoms. The summed E-state index contributed by atoms with van der Waals surface area (Å²) >= 11 is 0. The van der Waals surface area contributed by atoms with Crippen molar-refractivity contribution in [3.8, 4) is 5.75 Å². The van der Waals surface area contributed by atoms with Crippen molar-refractivity contribution >= 4 is 27.3 Å². The third-order valence-electron chi connectivity index (χ3n) is 5.14. The van der Waals surface area contributed by atoms with Crippen LogP contribution in [0.1, 0.15) is 22.3 Å². The number of nitrogens with one attached hydrogen (secondary N) is 1. The van der Waals surface area contributed by atoms with Crippen LogP contribution in [-0.2, 0) is 21.0 Å². The summed E-state index contributed by atoms with van der Waals surface area (Å²) in [6, 6.07) is 13.6. The molecule has 35 heavy (non-hydrogen) atoms. The van der Waals surface area contributed by atoms with Crippen LogP contribution in [-0.4, -0.2) is 28.0 Å². The molecule has 6 nitrogen and oxygen atoms in total. The number of ether oxygens (including phenoxy) is 1. The number of carbonyl (C=O) groups excluding carboxylic acids is 1. The highest BCUT2D eigenvalue weighted by molar-refractivity contribution is 7.93. The Morgan fingerprint density at radius 1 is 0.943 bits per heavy atom. The second-order valence-electron chi connectivity index (χ2n) is 8.14. The quantitative estimate of drug-likeness (QED) is 0.461. The molecule has 3 aromatic carbocycles. The van der Waals surface area contributed by atoms with E-state index in [0.717, 1.165) is 23.3 Å². The van der Waals surface area contributed by atoms with Crippen LogP contribution in [0.15, 0.2) is 65.6 Å². The molecule has 0 unspecified atom stereocenters. The predicted molar refractivity (Wildman–Crippen MR) is 128 cm³/mol. The van der Waals surface area contributed by atoms with Crippen LogP contribution in [0, 0.1) is 20.8 Å². The predicted octanol–water partition coefficient (Wildman–Crippen LogP) is 5.47. The van der Waals surface area contributed by atoms with Crippen LogP contribution >= 0.6 is 0 Å². The molecule has 0 radical (unpaired) electrons. The molecule has 0 aliphatic carbocycles. The molecule has 0 saturated heterocycles. The minimum absolute atomic E-state index is 0.00212. The minimum atomic E-state index is -4.70. The Labute approximate surface area is 202 Å². The van der Waals surface area contributed by atoms with E-state index in [-0.39, 0.29) is 16.3 Å². The molecule has 0 aliphatic rings. The number of halogens is 3. The van der Waals surface area contributed by atoms with Crippen LogP contribution in [0.2, 0.25) is 0 Å². The number of aryl methyl sites for hydroxylation is 3. The number of carbonyl (C=O) groups is 1. The van der Waals surface area contributed by atoms with Gasteiger partial charge in [0.25, 0.3) is 10.0 Å². The van der Waals surface area contributed by atoms with Gasteiger partial charge in [0.2, 0.25) is 5.91 Å². The van der Waals surface area contributed by atoms with Crippen molar-refractivity contribution in [3.05, 3.63) is 82.9 Å².